The molecule has 0 bridgehead atoms. The quantitative estimate of drug-likeness (QED) is 0.190. The first-order chi connectivity index (χ1) is 24.2. The summed E-state index contributed by atoms with van der Waals surface area (Å²) in [4.78, 5) is 15.3. The van der Waals surface area contributed by atoms with Gasteiger partial charge in [0.15, 0.2) is 17.5 Å². The van der Waals surface area contributed by atoms with Crippen LogP contribution in [0.3, 0.4) is 0 Å². The van der Waals surface area contributed by atoms with Crippen LogP contribution in [0.1, 0.15) is 0 Å². The predicted molar refractivity (Wildman–Crippen MR) is 199 cm³/mol. The minimum Gasteiger partial charge on any atom is -0.456 e. The number of hydrogen-bond donors (Lipinski definition) is 0. The molecule has 5 nitrogen and oxygen atoms in total. The smallest absolute Gasteiger partial charge is 0.167 e. The first-order valence-corrected chi connectivity index (χ1v) is 16.4. The van der Waals surface area contributed by atoms with E-state index >= 15 is 0 Å². The van der Waals surface area contributed by atoms with Gasteiger partial charge in [-0.3, -0.25) is 0 Å². The van der Waals surface area contributed by atoms with Gasteiger partial charge in [-0.25, -0.2) is 15.0 Å². The summed E-state index contributed by atoms with van der Waals surface area (Å²) in [6.45, 7) is 0. The highest BCUT2D eigenvalue weighted by Gasteiger charge is 2.21. The molecule has 0 saturated carbocycles. The number of aromatic nitrogens is 3. The summed E-state index contributed by atoms with van der Waals surface area (Å²) in [7, 11) is 0. The fourth-order valence-electron chi connectivity index (χ4n) is 6.93. The molecule has 0 unspecified atom stereocenters. The van der Waals surface area contributed by atoms with Gasteiger partial charge in [-0.05, 0) is 70.4 Å². The average Bonchev–Trinajstić information content (AvgIpc) is 3.72. The molecule has 0 atom stereocenters. The van der Waals surface area contributed by atoms with Gasteiger partial charge in [0.2, 0.25) is 0 Å². The first kappa shape index (κ1) is 27.8. The highest BCUT2D eigenvalue weighted by Crippen LogP contribution is 2.43. The van der Waals surface area contributed by atoms with Crippen LogP contribution < -0.4 is 0 Å². The standard InChI is InChI=1S/C43H24ClN3O2/c44-28-20-21-32(34(24-28)30-15-9-19-37-39(30)35-22-26-12-4-5-13-27(26)23-38(35)48-37)42-45-41(25-10-2-1-3-11-25)46-43(47-42)33-17-8-16-31-29-14-6-7-18-36(29)49-40(31)33/h1-24H. The zero-order chi connectivity index (χ0) is 32.5. The molecule has 10 rings (SSSR count). The average molecular weight is 650 g/mol. The maximum Gasteiger partial charge on any atom is 0.167 e. The third-order valence-corrected chi connectivity index (χ3v) is 9.42. The second kappa shape index (κ2) is 10.9. The predicted octanol–water partition coefficient (Wildman–Crippen LogP) is 12.1. The Morgan fingerprint density at radius 2 is 1.08 bits per heavy atom. The summed E-state index contributed by atoms with van der Waals surface area (Å²) < 4.78 is 12.9. The van der Waals surface area contributed by atoms with Gasteiger partial charge >= 0.3 is 0 Å². The number of nitrogens with zero attached hydrogens (tertiary/aromatic N) is 3. The van der Waals surface area contributed by atoms with Crippen LogP contribution >= 0.6 is 11.6 Å². The van der Waals surface area contributed by atoms with Crippen molar-refractivity contribution >= 4 is 66.3 Å². The van der Waals surface area contributed by atoms with Crippen molar-refractivity contribution in [2.45, 2.75) is 0 Å². The number of furan rings is 2. The van der Waals surface area contributed by atoms with E-state index in [1.54, 1.807) is 0 Å². The van der Waals surface area contributed by atoms with Crippen LogP contribution in [0.2, 0.25) is 5.02 Å². The van der Waals surface area contributed by atoms with E-state index in [0.29, 0.717) is 22.5 Å². The van der Waals surface area contributed by atoms with Crippen LogP contribution in [0, 0.1) is 0 Å². The Morgan fingerprint density at radius 3 is 1.96 bits per heavy atom. The monoisotopic (exact) mass is 649 g/mol. The van der Waals surface area contributed by atoms with Gasteiger partial charge in [-0.1, -0.05) is 109 Å². The molecule has 0 N–H and O–H groups in total. The minimum atomic E-state index is 0.521. The van der Waals surface area contributed by atoms with Gasteiger partial charge in [-0.2, -0.15) is 0 Å². The number of hydrogen-bond acceptors (Lipinski definition) is 5. The van der Waals surface area contributed by atoms with Crippen LogP contribution in [0.5, 0.6) is 0 Å². The van der Waals surface area contributed by atoms with Crippen molar-refractivity contribution < 1.29 is 8.83 Å². The molecule has 0 aliphatic carbocycles. The van der Waals surface area contributed by atoms with Crippen molar-refractivity contribution in [3.8, 4) is 45.3 Å². The summed E-state index contributed by atoms with van der Waals surface area (Å²) >= 11 is 6.74. The summed E-state index contributed by atoms with van der Waals surface area (Å²) in [6.07, 6.45) is 0. The number of rotatable bonds is 4. The molecule has 3 heterocycles. The summed E-state index contributed by atoms with van der Waals surface area (Å²) in [5, 5.41) is 6.99. The van der Waals surface area contributed by atoms with Gasteiger partial charge in [-0.15, -0.1) is 0 Å². The molecule has 0 radical (unpaired) electrons. The molecule has 49 heavy (non-hydrogen) atoms. The Kier molecular flexibility index (Phi) is 6.16. The summed E-state index contributed by atoms with van der Waals surface area (Å²) in [5.41, 5.74) is 7.55. The Hall–Kier alpha value is -6.30. The lowest BCUT2D eigenvalue weighted by Crippen LogP contribution is -2.01. The zero-order valence-electron chi connectivity index (χ0n) is 25.9. The van der Waals surface area contributed by atoms with E-state index in [9.17, 15) is 0 Å². The number of para-hydroxylation sites is 2. The van der Waals surface area contributed by atoms with E-state index < -0.39 is 0 Å². The lowest BCUT2D eigenvalue weighted by atomic mass is 9.94. The molecule has 10 aromatic rings. The third-order valence-electron chi connectivity index (χ3n) is 9.19. The SMILES string of the molecule is Clc1ccc(-c2nc(-c3ccccc3)nc(-c3cccc4c3oc3ccccc34)n2)c(-c2cccc3oc4cc5ccccc5cc4c23)c1. The van der Waals surface area contributed by atoms with E-state index in [1.807, 2.05) is 97.1 Å². The zero-order valence-corrected chi connectivity index (χ0v) is 26.6. The molecule has 0 fully saturated rings. The van der Waals surface area contributed by atoms with Crippen LogP contribution in [0.25, 0.3) is 99.9 Å². The molecule has 0 aliphatic rings. The maximum absolute atomic E-state index is 6.74. The fourth-order valence-corrected chi connectivity index (χ4v) is 7.10. The summed E-state index contributed by atoms with van der Waals surface area (Å²) in [5.74, 6) is 1.61. The largest absolute Gasteiger partial charge is 0.456 e. The molecular weight excluding hydrogens is 626 g/mol. The topological polar surface area (TPSA) is 65.0 Å². The number of benzene rings is 7. The lowest BCUT2D eigenvalue weighted by molar-refractivity contribution is 0.669. The molecule has 6 heteroatoms. The van der Waals surface area contributed by atoms with E-state index in [0.717, 1.165) is 82.5 Å². The Bertz CT molecular complexity index is 2910. The van der Waals surface area contributed by atoms with Crippen molar-refractivity contribution in [2.24, 2.45) is 0 Å². The minimum absolute atomic E-state index is 0.521. The molecular formula is C43H24ClN3O2. The van der Waals surface area contributed by atoms with E-state index in [4.69, 9.17) is 35.4 Å². The molecule has 0 spiro atoms. The van der Waals surface area contributed by atoms with Gasteiger partial charge in [0, 0.05) is 37.7 Å². The van der Waals surface area contributed by atoms with Crippen LogP contribution in [-0.2, 0) is 0 Å². The number of fused-ring (bicyclic) bond motifs is 7. The van der Waals surface area contributed by atoms with Crippen LogP contribution in [0.15, 0.2) is 154 Å². The van der Waals surface area contributed by atoms with Crippen molar-refractivity contribution in [1.29, 1.82) is 0 Å². The normalized spacial score (nSPS) is 11.8. The van der Waals surface area contributed by atoms with Gasteiger partial charge < -0.3 is 8.83 Å². The molecule has 3 aromatic heterocycles. The molecule has 7 aromatic carbocycles. The second-order valence-corrected chi connectivity index (χ2v) is 12.6. The molecule has 0 aliphatic heterocycles. The molecule has 0 saturated heterocycles. The second-order valence-electron chi connectivity index (χ2n) is 12.1. The Labute approximate surface area is 285 Å². The van der Waals surface area contributed by atoms with Gasteiger partial charge in [0.1, 0.15) is 22.3 Å². The van der Waals surface area contributed by atoms with Crippen molar-refractivity contribution in [2.75, 3.05) is 0 Å². The van der Waals surface area contributed by atoms with Gasteiger partial charge in [0.05, 0.1) is 5.56 Å². The third kappa shape index (κ3) is 4.51. The van der Waals surface area contributed by atoms with Crippen LogP contribution in [-0.4, -0.2) is 15.0 Å². The Morgan fingerprint density at radius 1 is 0.408 bits per heavy atom. The molecule has 230 valence electrons. The number of halogens is 1. The summed E-state index contributed by atoms with van der Waals surface area (Å²) in [6, 6.07) is 48.8. The van der Waals surface area contributed by atoms with E-state index in [2.05, 4.69) is 48.5 Å². The van der Waals surface area contributed by atoms with Crippen molar-refractivity contribution in [3.63, 3.8) is 0 Å². The molecule has 0 amide bonds. The first-order valence-electron chi connectivity index (χ1n) is 16.0. The highest BCUT2D eigenvalue weighted by atomic mass is 35.5. The van der Waals surface area contributed by atoms with Crippen molar-refractivity contribution in [3.05, 3.63) is 151 Å². The van der Waals surface area contributed by atoms with Crippen molar-refractivity contribution in [1.82, 2.24) is 15.0 Å². The Balaban J connectivity index is 1.24. The lowest BCUT2D eigenvalue weighted by Gasteiger charge is -2.13. The van der Waals surface area contributed by atoms with E-state index in [-0.39, 0.29) is 0 Å². The van der Waals surface area contributed by atoms with Crippen LogP contribution in [0.4, 0.5) is 0 Å². The van der Waals surface area contributed by atoms with Gasteiger partial charge in [0.25, 0.3) is 0 Å². The maximum atomic E-state index is 6.74. The fraction of sp³-hybridized carbons (Fsp3) is 0. The van der Waals surface area contributed by atoms with E-state index in [1.165, 1.54) is 0 Å². The highest BCUT2D eigenvalue weighted by molar-refractivity contribution is 6.31.